The van der Waals surface area contributed by atoms with Crippen LogP contribution in [0.1, 0.15) is 0 Å². The molecule has 1 rings (SSSR count). The smallest absolute Gasteiger partial charge is 0.123 e. The summed E-state index contributed by atoms with van der Waals surface area (Å²) in [5.74, 6) is 0.0181. The summed E-state index contributed by atoms with van der Waals surface area (Å²) in [5, 5.41) is 1.83. The zero-order valence-corrected chi connectivity index (χ0v) is 16.4. The first-order valence-corrected chi connectivity index (χ1v) is 14.2. The molecule has 0 aliphatic rings. The van der Waals surface area contributed by atoms with E-state index in [0.717, 1.165) is 19.3 Å². The van der Waals surface area contributed by atoms with Gasteiger partial charge in [-0.3, -0.25) is 0 Å². The van der Waals surface area contributed by atoms with Crippen molar-refractivity contribution in [2.45, 2.75) is 39.3 Å². The maximum absolute atomic E-state index is 14.8. The Morgan fingerprint density at radius 1 is 0.824 bits per heavy atom. The van der Waals surface area contributed by atoms with Crippen LogP contribution in [-0.2, 0) is 0 Å². The highest BCUT2D eigenvalue weighted by Crippen LogP contribution is 2.23. The molecule has 0 aliphatic carbocycles. The topological polar surface area (TPSA) is 0 Å². The Balaban J connectivity index is 3.67. The van der Waals surface area contributed by atoms with Gasteiger partial charge < -0.3 is 0 Å². The third-order valence-electron chi connectivity index (χ3n) is 2.67. The van der Waals surface area contributed by atoms with Crippen molar-refractivity contribution in [3.8, 4) is 0 Å². The molecule has 0 heterocycles. The van der Waals surface area contributed by atoms with Gasteiger partial charge in [0.15, 0.2) is 0 Å². The Morgan fingerprint density at radius 3 is 1.35 bits per heavy atom. The lowest BCUT2D eigenvalue weighted by Crippen LogP contribution is -2.50. The van der Waals surface area contributed by atoms with E-state index in [0.29, 0.717) is 0 Å². The fourth-order valence-corrected chi connectivity index (χ4v) is 9.92. The average molecular weight is 398 g/mol. The van der Waals surface area contributed by atoms with Crippen LogP contribution >= 0.6 is 31.9 Å². The van der Waals surface area contributed by atoms with Gasteiger partial charge in [0, 0.05) is 8.95 Å². The van der Waals surface area contributed by atoms with Gasteiger partial charge in [-0.25, -0.2) is 4.39 Å². The van der Waals surface area contributed by atoms with Gasteiger partial charge in [-0.1, -0.05) is 71.1 Å². The molecular weight excluding hydrogens is 379 g/mol. The molecule has 0 amide bonds. The van der Waals surface area contributed by atoms with Crippen LogP contribution in [0.4, 0.5) is 4.39 Å². The van der Waals surface area contributed by atoms with Gasteiger partial charge in [-0.2, -0.15) is 0 Å². The van der Waals surface area contributed by atoms with Gasteiger partial charge in [0.1, 0.15) is 5.82 Å². The molecule has 1 aromatic rings. The fraction of sp³-hybridized carbons (Fsp3) is 0.500. The van der Waals surface area contributed by atoms with Crippen LogP contribution in [0, 0.1) is 5.82 Å². The predicted octanol–water partition coefficient (Wildman–Crippen LogP) is 4.44. The molecule has 0 spiro atoms. The molecule has 0 bridgehead atoms. The van der Waals surface area contributed by atoms with E-state index in [9.17, 15) is 4.39 Å². The van der Waals surface area contributed by atoms with E-state index in [1.165, 1.54) is 0 Å². The maximum Gasteiger partial charge on any atom is 0.123 e. The molecule has 0 atom stereocenters. The number of hydrogen-bond acceptors (Lipinski definition) is 0. The molecular formula is C12H19Br2FSi2. The number of rotatable bonds is 2. The lowest BCUT2D eigenvalue weighted by molar-refractivity contribution is 0.641. The van der Waals surface area contributed by atoms with Crippen molar-refractivity contribution in [1.29, 1.82) is 0 Å². The highest BCUT2D eigenvalue weighted by Gasteiger charge is 2.31. The highest BCUT2D eigenvalue weighted by molar-refractivity contribution is 9.11. The van der Waals surface area contributed by atoms with Crippen molar-refractivity contribution in [3.05, 3.63) is 20.8 Å². The van der Waals surface area contributed by atoms with Crippen molar-refractivity contribution < 1.29 is 4.39 Å². The molecule has 0 radical (unpaired) electrons. The van der Waals surface area contributed by atoms with Gasteiger partial charge >= 0.3 is 0 Å². The second-order valence-corrected chi connectivity index (χ2v) is 18.1. The van der Waals surface area contributed by atoms with E-state index < -0.39 is 16.1 Å². The van der Waals surface area contributed by atoms with Gasteiger partial charge in [0.25, 0.3) is 0 Å². The van der Waals surface area contributed by atoms with Crippen LogP contribution in [0.25, 0.3) is 0 Å². The highest BCUT2D eigenvalue weighted by atomic mass is 79.9. The van der Waals surface area contributed by atoms with Crippen molar-refractivity contribution in [2.24, 2.45) is 0 Å². The van der Waals surface area contributed by atoms with E-state index in [2.05, 4.69) is 71.1 Å². The van der Waals surface area contributed by atoms with Crippen LogP contribution < -0.4 is 10.4 Å². The minimum atomic E-state index is -1.68. The summed E-state index contributed by atoms with van der Waals surface area (Å²) < 4.78 is 16.6. The second kappa shape index (κ2) is 4.91. The normalized spacial score (nSPS) is 13.0. The number of halogens is 3. The van der Waals surface area contributed by atoms with Gasteiger partial charge in [0.05, 0.1) is 16.1 Å². The first kappa shape index (κ1) is 15.6. The largest absolute Gasteiger partial charge is 0.207 e. The minimum absolute atomic E-state index is 0.0181. The zero-order chi connectivity index (χ0) is 13.6. The Labute approximate surface area is 122 Å². The molecule has 0 unspecified atom stereocenters. The summed E-state index contributed by atoms with van der Waals surface area (Å²) in [6, 6.07) is 2.02. The Hall–Kier alpha value is 0.544. The van der Waals surface area contributed by atoms with Crippen molar-refractivity contribution in [2.75, 3.05) is 0 Å². The predicted molar refractivity (Wildman–Crippen MR) is 87.8 cm³/mol. The Morgan fingerprint density at radius 2 is 1.12 bits per heavy atom. The Kier molecular flexibility index (Phi) is 4.50. The molecule has 96 valence electrons. The minimum Gasteiger partial charge on any atom is -0.207 e. The average Bonchev–Trinajstić information content (AvgIpc) is 1.94. The van der Waals surface area contributed by atoms with Crippen LogP contribution in [0.5, 0.6) is 0 Å². The lowest BCUT2D eigenvalue weighted by Gasteiger charge is -2.26. The van der Waals surface area contributed by atoms with Crippen molar-refractivity contribution >= 4 is 58.4 Å². The first-order valence-electron chi connectivity index (χ1n) is 5.64. The molecule has 17 heavy (non-hydrogen) atoms. The molecule has 0 saturated heterocycles. The van der Waals surface area contributed by atoms with E-state index in [-0.39, 0.29) is 5.82 Å². The van der Waals surface area contributed by atoms with E-state index in [1.807, 2.05) is 6.07 Å². The van der Waals surface area contributed by atoms with E-state index in [4.69, 9.17) is 0 Å². The quantitative estimate of drug-likeness (QED) is 0.647. The summed E-state index contributed by atoms with van der Waals surface area (Å²) in [6.45, 7) is 13.1. The van der Waals surface area contributed by atoms with Gasteiger partial charge in [0.2, 0.25) is 0 Å². The van der Waals surface area contributed by atoms with Gasteiger partial charge in [-0.05, 0) is 16.4 Å². The monoisotopic (exact) mass is 396 g/mol. The van der Waals surface area contributed by atoms with Gasteiger partial charge in [-0.15, -0.1) is 0 Å². The number of benzene rings is 1. The van der Waals surface area contributed by atoms with Crippen LogP contribution in [-0.4, -0.2) is 16.1 Å². The molecule has 0 saturated carbocycles. The van der Waals surface area contributed by atoms with Crippen molar-refractivity contribution in [3.63, 3.8) is 0 Å². The SMILES string of the molecule is C[Si](C)(C)c1c(Br)cc(Br)c([Si](C)(C)C)c1F. The molecule has 0 fully saturated rings. The third kappa shape index (κ3) is 3.30. The van der Waals surface area contributed by atoms with Crippen LogP contribution in [0.3, 0.4) is 0 Å². The number of hydrogen-bond donors (Lipinski definition) is 0. The van der Waals surface area contributed by atoms with E-state index >= 15 is 0 Å². The summed E-state index contributed by atoms with van der Waals surface area (Å²) in [5.41, 5.74) is 0. The van der Waals surface area contributed by atoms with Crippen LogP contribution in [0.15, 0.2) is 15.0 Å². The third-order valence-corrected chi connectivity index (χ3v) is 8.63. The molecule has 0 aromatic heterocycles. The molecule has 1 aromatic carbocycles. The summed E-state index contributed by atoms with van der Waals surface area (Å²) in [6.07, 6.45) is 0. The van der Waals surface area contributed by atoms with E-state index in [1.54, 1.807) is 0 Å². The molecule has 0 aliphatic heterocycles. The standard InChI is InChI=1S/C12H19Br2FSi2/c1-16(2,3)11-8(13)7-9(14)12(10(11)15)17(4,5)6/h7H,1-6H3. The first-order chi connectivity index (χ1) is 7.46. The Bertz CT molecular complexity index is 407. The molecule has 0 N–H and O–H groups in total. The maximum atomic E-state index is 14.8. The van der Waals surface area contributed by atoms with Crippen molar-refractivity contribution in [1.82, 2.24) is 0 Å². The summed E-state index contributed by atoms with van der Waals surface area (Å²) >= 11 is 7.03. The van der Waals surface area contributed by atoms with Crippen LogP contribution in [0.2, 0.25) is 39.3 Å². The fourth-order valence-electron chi connectivity index (χ4n) is 1.97. The molecule has 5 heteroatoms. The second-order valence-electron chi connectivity index (χ2n) is 6.40. The molecule has 0 nitrogen and oxygen atoms in total. The summed E-state index contributed by atoms with van der Waals surface area (Å²) in [7, 11) is -3.35. The lowest BCUT2D eigenvalue weighted by atomic mass is 10.3. The summed E-state index contributed by atoms with van der Waals surface area (Å²) in [4.78, 5) is 0. The zero-order valence-electron chi connectivity index (χ0n) is 11.2.